The molecule has 0 spiro atoms. The van der Waals surface area contributed by atoms with Crippen molar-refractivity contribution >= 4 is 27.6 Å². The maximum Gasteiger partial charge on any atom is 0.256 e. The summed E-state index contributed by atoms with van der Waals surface area (Å²) >= 11 is 5.75. The molecule has 1 heterocycles. The number of benzene rings is 2. The quantitative estimate of drug-likeness (QED) is 0.669. The van der Waals surface area contributed by atoms with Crippen LogP contribution in [-0.2, 0) is 0 Å². The van der Waals surface area contributed by atoms with Crippen molar-refractivity contribution in [2.24, 2.45) is 0 Å². The summed E-state index contributed by atoms with van der Waals surface area (Å²) in [6.45, 7) is 0. The summed E-state index contributed by atoms with van der Waals surface area (Å²) in [5.41, 5.74) is 0.343. The molecule has 0 saturated heterocycles. The van der Waals surface area contributed by atoms with Crippen LogP contribution in [0, 0.1) is 0 Å². The SMILES string of the molecule is COc1ccc(Oc2ccc3ccccc3c2C(=O)Cl)cn1. The average Bonchev–Trinajstić information content (AvgIpc) is 2.55. The van der Waals surface area contributed by atoms with Crippen LogP contribution in [0.5, 0.6) is 17.4 Å². The lowest BCUT2D eigenvalue weighted by atomic mass is 10.0. The van der Waals surface area contributed by atoms with Crippen molar-refractivity contribution in [3.05, 3.63) is 60.3 Å². The van der Waals surface area contributed by atoms with Crippen molar-refractivity contribution in [2.45, 2.75) is 0 Å². The minimum atomic E-state index is -0.562. The van der Waals surface area contributed by atoms with Crippen LogP contribution in [0.25, 0.3) is 10.8 Å². The van der Waals surface area contributed by atoms with Crippen LogP contribution in [0.2, 0.25) is 0 Å². The molecule has 0 saturated carbocycles. The molecule has 4 nitrogen and oxygen atoms in total. The van der Waals surface area contributed by atoms with Gasteiger partial charge in [-0.15, -0.1) is 0 Å². The van der Waals surface area contributed by atoms with Gasteiger partial charge in [-0.05, 0) is 34.5 Å². The van der Waals surface area contributed by atoms with Crippen LogP contribution in [0.15, 0.2) is 54.7 Å². The van der Waals surface area contributed by atoms with Gasteiger partial charge in [0, 0.05) is 6.07 Å². The second-order valence-corrected chi connectivity index (χ2v) is 4.92. The third kappa shape index (κ3) is 2.73. The third-order valence-electron chi connectivity index (χ3n) is 3.23. The van der Waals surface area contributed by atoms with Gasteiger partial charge in [0.05, 0.1) is 18.9 Å². The van der Waals surface area contributed by atoms with E-state index in [4.69, 9.17) is 21.1 Å². The van der Waals surface area contributed by atoms with E-state index in [1.165, 1.54) is 13.3 Å². The molecule has 2 aromatic carbocycles. The first-order valence-corrected chi connectivity index (χ1v) is 6.96. The van der Waals surface area contributed by atoms with Crippen LogP contribution >= 0.6 is 11.6 Å². The van der Waals surface area contributed by atoms with E-state index >= 15 is 0 Å². The number of rotatable bonds is 4. The Kier molecular flexibility index (Phi) is 3.94. The van der Waals surface area contributed by atoms with E-state index in [-0.39, 0.29) is 0 Å². The fourth-order valence-corrected chi connectivity index (χ4v) is 2.41. The maximum atomic E-state index is 11.8. The van der Waals surface area contributed by atoms with Crippen LogP contribution < -0.4 is 9.47 Å². The Labute approximate surface area is 132 Å². The normalized spacial score (nSPS) is 10.5. The van der Waals surface area contributed by atoms with Gasteiger partial charge in [0.2, 0.25) is 5.88 Å². The Morgan fingerprint density at radius 1 is 1.09 bits per heavy atom. The predicted octanol–water partition coefficient (Wildman–Crippen LogP) is 4.41. The molecular formula is C17H12ClNO3. The molecule has 0 atom stereocenters. The number of hydrogen-bond donors (Lipinski definition) is 0. The number of halogens is 1. The number of methoxy groups -OCH3 is 1. The zero-order valence-corrected chi connectivity index (χ0v) is 12.5. The van der Waals surface area contributed by atoms with Gasteiger partial charge in [-0.25, -0.2) is 4.98 Å². The summed E-state index contributed by atoms with van der Waals surface area (Å²) in [6, 6.07) is 14.5. The summed E-state index contributed by atoms with van der Waals surface area (Å²) in [5.74, 6) is 1.38. The zero-order valence-electron chi connectivity index (χ0n) is 11.7. The zero-order chi connectivity index (χ0) is 15.5. The number of ether oxygens (including phenoxy) is 2. The predicted molar refractivity (Wildman–Crippen MR) is 85.0 cm³/mol. The largest absolute Gasteiger partial charge is 0.481 e. The van der Waals surface area contributed by atoms with Gasteiger partial charge in [0.15, 0.2) is 0 Å². The number of carbonyl (C=O) groups excluding carboxylic acids is 1. The molecule has 0 radical (unpaired) electrons. The number of fused-ring (bicyclic) bond motifs is 1. The lowest BCUT2D eigenvalue weighted by molar-refractivity contribution is 0.108. The Morgan fingerprint density at radius 2 is 1.91 bits per heavy atom. The van der Waals surface area contributed by atoms with Gasteiger partial charge in [0.1, 0.15) is 11.5 Å². The molecule has 110 valence electrons. The van der Waals surface area contributed by atoms with Gasteiger partial charge in [-0.1, -0.05) is 30.3 Å². The molecule has 3 rings (SSSR count). The van der Waals surface area contributed by atoms with Gasteiger partial charge in [0.25, 0.3) is 5.24 Å². The molecule has 0 unspecified atom stereocenters. The molecule has 0 bridgehead atoms. The summed E-state index contributed by atoms with van der Waals surface area (Å²) in [5, 5.41) is 1.11. The first-order valence-electron chi connectivity index (χ1n) is 6.58. The molecule has 0 aliphatic rings. The molecule has 0 fully saturated rings. The van der Waals surface area contributed by atoms with E-state index in [2.05, 4.69) is 4.98 Å². The Balaban J connectivity index is 2.05. The first kappa shape index (κ1) is 14.4. The van der Waals surface area contributed by atoms with Crippen molar-refractivity contribution < 1.29 is 14.3 Å². The molecular weight excluding hydrogens is 302 g/mol. The number of aromatic nitrogens is 1. The molecule has 3 aromatic rings. The minimum absolute atomic E-state index is 0.343. The summed E-state index contributed by atoms with van der Waals surface area (Å²) < 4.78 is 10.8. The Morgan fingerprint density at radius 3 is 2.59 bits per heavy atom. The minimum Gasteiger partial charge on any atom is -0.481 e. The monoisotopic (exact) mass is 313 g/mol. The third-order valence-corrected chi connectivity index (χ3v) is 3.42. The molecule has 0 N–H and O–H groups in total. The van der Waals surface area contributed by atoms with E-state index in [0.29, 0.717) is 22.9 Å². The van der Waals surface area contributed by atoms with Crippen molar-refractivity contribution in [3.8, 4) is 17.4 Å². The van der Waals surface area contributed by atoms with Crippen molar-refractivity contribution in [1.82, 2.24) is 4.98 Å². The van der Waals surface area contributed by atoms with E-state index < -0.39 is 5.24 Å². The van der Waals surface area contributed by atoms with Crippen molar-refractivity contribution in [1.29, 1.82) is 0 Å². The molecule has 0 amide bonds. The Hall–Kier alpha value is -2.59. The summed E-state index contributed by atoms with van der Waals surface area (Å²) in [4.78, 5) is 15.9. The highest BCUT2D eigenvalue weighted by Crippen LogP contribution is 2.32. The fraction of sp³-hybridized carbons (Fsp3) is 0.0588. The molecule has 1 aromatic heterocycles. The van der Waals surface area contributed by atoms with Crippen LogP contribution in [0.1, 0.15) is 10.4 Å². The topological polar surface area (TPSA) is 48.4 Å². The maximum absolute atomic E-state index is 11.8. The van der Waals surface area contributed by atoms with Gasteiger partial charge in [-0.2, -0.15) is 0 Å². The highest BCUT2D eigenvalue weighted by Gasteiger charge is 2.15. The van der Waals surface area contributed by atoms with Crippen LogP contribution in [-0.4, -0.2) is 17.3 Å². The van der Waals surface area contributed by atoms with Crippen LogP contribution in [0.3, 0.4) is 0 Å². The molecule has 5 heteroatoms. The average molecular weight is 314 g/mol. The molecule has 22 heavy (non-hydrogen) atoms. The second-order valence-electron chi connectivity index (χ2n) is 4.57. The number of carbonyl (C=O) groups is 1. The standard InChI is InChI=1S/C17H12ClNO3/c1-21-15-9-7-12(10-19-15)22-14-8-6-11-4-2-3-5-13(11)16(14)17(18)20/h2-10H,1H3. The van der Waals surface area contributed by atoms with E-state index in [1.807, 2.05) is 30.3 Å². The van der Waals surface area contributed by atoms with Crippen molar-refractivity contribution in [2.75, 3.05) is 7.11 Å². The summed E-state index contributed by atoms with van der Waals surface area (Å²) in [6.07, 6.45) is 1.52. The summed E-state index contributed by atoms with van der Waals surface area (Å²) in [7, 11) is 1.54. The molecule has 0 aliphatic carbocycles. The van der Waals surface area contributed by atoms with E-state index in [0.717, 1.165) is 10.8 Å². The molecule has 0 aliphatic heterocycles. The van der Waals surface area contributed by atoms with Crippen LogP contribution in [0.4, 0.5) is 0 Å². The van der Waals surface area contributed by atoms with Gasteiger partial charge in [-0.3, -0.25) is 4.79 Å². The number of hydrogen-bond acceptors (Lipinski definition) is 4. The van der Waals surface area contributed by atoms with E-state index in [1.54, 1.807) is 18.2 Å². The lowest BCUT2D eigenvalue weighted by Gasteiger charge is -2.11. The van der Waals surface area contributed by atoms with Gasteiger partial charge >= 0.3 is 0 Å². The van der Waals surface area contributed by atoms with Gasteiger partial charge < -0.3 is 9.47 Å². The van der Waals surface area contributed by atoms with E-state index in [9.17, 15) is 4.79 Å². The smallest absolute Gasteiger partial charge is 0.256 e. The highest BCUT2D eigenvalue weighted by atomic mass is 35.5. The number of pyridine rings is 1. The first-order chi connectivity index (χ1) is 10.7. The van der Waals surface area contributed by atoms with Crippen molar-refractivity contribution in [3.63, 3.8) is 0 Å². The fourth-order valence-electron chi connectivity index (χ4n) is 2.21. The second kappa shape index (κ2) is 6.03. The lowest BCUT2D eigenvalue weighted by Crippen LogP contribution is -1.97. The highest BCUT2D eigenvalue weighted by molar-refractivity contribution is 6.69. The number of nitrogens with zero attached hydrogens (tertiary/aromatic N) is 1. The Bertz CT molecular complexity index is 831.